The smallest absolute Gasteiger partial charge is 0.250 e. The first-order chi connectivity index (χ1) is 9.12. The normalized spacial score (nSPS) is 23.1. The largest absolute Gasteiger partial charge is 0.402 e. The molecule has 116 valence electrons. The maximum absolute atomic E-state index is 11.9. The molecule has 1 aliphatic heterocycles. The van der Waals surface area contributed by atoms with Gasteiger partial charge in [0.1, 0.15) is 6.10 Å². The summed E-state index contributed by atoms with van der Waals surface area (Å²) in [5.41, 5.74) is 2.73. The fourth-order valence-electron chi connectivity index (χ4n) is 3.63. The minimum absolute atomic E-state index is 0.0475. The Morgan fingerprint density at radius 1 is 1.10 bits per heavy atom. The molecule has 1 rings (SSSR count). The summed E-state index contributed by atoms with van der Waals surface area (Å²) in [6.45, 7) is 17.6. The van der Waals surface area contributed by atoms with E-state index in [9.17, 15) is 4.79 Å². The first-order valence-corrected chi connectivity index (χ1v) is 9.90. The van der Waals surface area contributed by atoms with Crippen molar-refractivity contribution in [3.8, 4) is 0 Å². The van der Waals surface area contributed by atoms with Gasteiger partial charge in [-0.3, -0.25) is 4.79 Å². The number of carbonyl (C=O) groups is 1. The molecule has 0 spiro atoms. The van der Waals surface area contributed by atoms with E-state index in [0.29, 0.717) is 16.6 Å². The van der Waals surface area contributed by atoms with Gasteiger partial charge in [0.05, 0.1) is 6.04 Å². The van der Waals surface area contributed by atoms with Crippen molar-refractivity contribution in [3.63, 3.8) is 0 Å². The van der Waals surface area contributed by atoms with Crippen molar-refractivity contribution in [1.82, 2.24) is 5.32 Å². The third-order valence-electron chi connectivity index (χ3n) is 4.44. The van der Waals surface area contributed by atoms with Crippen LogP contribution in [0.25, 0.3) is 0 Å². The van der Waals surface area contributed by atoms with E-state index in [1.165, 1.54) is 5.57 Å². The third kappa shape index (κ3) is 3.17. The predicted octanol–water partition coefficient (Wildman–Crippen LogP) is 4.01. The van der Waals surface area contributed by atoms with E-state index in [2.05, 4.69) is 66.8 Å². The van der Waals surface area contributed by atoms with E-state index >= 15 is 0 Å². The molecule has 0 aromatic carbocycles. The zero-order valence-electron chi connectivity index (χ0n) is 14.3. The van der Waals surface area contributed by atoms with Crippen LogP contribution in [0.3, 0.4) is 0 Å². The van der Waals surface area contributed by atoms with Gasteiger partial charge in [0.25, 0.3) is 5.91 Å². The quantitative estimate of drug-likeness (QED) is 0.457. The van der Waals surface area contributed by atoms with Gasteiger partial charge in [-0.2, -0.15) is 0 Å². The summed E-state index contributed by atoms with van der Waals surface area (Å²) in [6, 6.07) is 0.0515. The van der Waals surface area contributed by atoms with E-state index in [1.807, 2.05) is 0 Å². The second kappa shape index (κ2) is 6.44. The molecule has 1 amide bonds. The zero-order valence-corrected chi connectivity index (χ0v) is 15.3. The Hall–Kier alpha value is -0.613. The van der Waals surface area contributed by atoms with Crippen LogP contribution < -0.4 is 5.32 Å². The van der Waals surface area contributed by atoms with E-state index < -0.39 is 8.32 Å². The summed E-state index contributed by atoms with van der Waals surface area (Å²) in [5.74, 6) is 0.0475. The first-order valence-electron chi connectivity index (χ1n) is 7.76. The van der Waals surface area contributed by atoms with Gasteiger partial charge < -0.3 is 9.74 Å². The Morgan fingerprint density at radius 3 is 1.85 bits per heavy atom. The monoisotopic (exact) mass is 297 g/mol. The van der Waals surface area contributed by atoms with Crippen LogP contribution in [-0.2, 0) is 9.22 Å². The lowest BCUT2D eigenvalue weighted by Crippen LogP contribution is -2.67. The maximum Gasteiger partial charge on any atom is 0.250 e. The second-order valence-corrected chi connectivity index (χ2v) is 12.5. The number of allylic oxidation sites excluding steroid dienone is 1. The summed E-state index contributed by atoms with van der Waals surface area (Å²) >= 11 is 0. The number of rotatable bonds is 6. The fourth-order valence-corrected chi connectivity index (χ4v) is 9.14. The Morgan fingerprint density at radius 2 is 1.55 bits per heavy atom. The van der Waals surface area contributed by atoms with Gasteiger partial charge in [-0.25, -0.2) is 0 Å². The lowest BCUT2D eigenvalue weighted by molar-refractivity contribution is -0.139. The highest BCUT2D eigenvalue weighted by molar-refractivity contribution is 6.77. The molecule has 0 bridgehead atoms. The highest BCUT2D eigenvalue weighted by Crippen LogP contribution is 2.44. The molecule has 4 heteroatoms. The van der Waals surface area contributed by atoms with Gasteiger partial charge in [0.15, 0.2) is 0 Å². The molecule has 0 aromatic rings. The van der Waals surface area contributed by atoms with Crippen LogP contribution >= 0.6 is 0 Å². The molecule has 3 nitrogen and oxygen atoms in total. The highest BCUT2D eigenvalue weighted by Gasteiger charge is 2.51. The number of carbonyl (C=O) groups excluding carboxylic acids is 1. The first kappa shape index (κ1) is 17.4. The van der Waals surface area contributed by atoms with Crippen molar-refractivity contribution in [2.24, 2.45) is 0 Å². The Labute approximate surface area is 125 Å². The number of nitrogens with one attached hydrogen (secondary N) is 1. The molecule has 20 heavy (non-hydrogen) atoms. The van der Waals surface area contributed by atoms with E-state index in [-0.39, 0.29) is 18.1 Å². The molecule has 0 unspecified atom stereocenters. The molecular weight excluding hydrogens is 266 g/mol. The fraction of sp³-hybridized carbons (Fsp3) is 0.812. The molecule has 0 aromatic heterocycles. The van der Waals surface area contributed by atoms with Crippen molar-refractivity contribution < 1.29 is 9.22 Å². The van der Waals surface area contributed by atoms with E-state index in [4.69, 9.17) is 4.43 Å². The van der Waals surface area contributed by atoms with Gasteiger partial charge in [-0.05, 0) is 30.5 Å². The Kier molecular flexibility index (Phi) is 5.61. The predicted molar refractivity (Wildman–Crippen MR) is 87.3 cm³/mol. The van der Waals surface area contributed by atoms with Crippen molar-refractivity contribution in [3.05, 3.63) is 11.6 Å². The van der Waals surface area contributed by atoms with Gasteiger partial charge in [0.2, 0.25) is 8.32 Å². The molecule has 2 atom stereocenters. The Bertz CT molecular complexity index is 362. The maximum atomic E-state index is 11.9. The van der Waals surface area contributed by atoms with Crippen LogP contribution in [0.2, 0.25) is 16.6 Å². The molecular formula is C16H31NO2Si. The van der Waals surface area contributed by atoms with Gasteiger partial charge in [-0.15, -0.1) is 0 Å². The van der Waals surface area contributed by atoms with Crippen LogP contribution in [0.1, 0.15) is 55.4 Å². The minimum atomic E-state index is -1.99. The van der Waals surface area contributed by atoms with Crippen LogP contribution in [0.4, 0.5) is 0 Å². The third-order valence-corrected chi connectivity index (χ3v) is 10.5. The van der Waals surface area contributed by atoms with Crippen molar-refractivity contribution >= 4 is 14.2 Å². The number of hydrogen-bond donors (Lipinski definition) is 1. The van der Waals surface area contributed by atoms with Crippen LogP contribution in [0.5, 0.6) is 0 Å². The van der Waals surface area contributed by atoms with Crippen LogP contribution in [-0.4, -0.2) is 26.4 Å². The zero-order chi connectivity index (χ0) is 15.7. The van der Waals surface area contributed by atoms with Gasteiger partial charge >= 0.3 is 0 Å². The standard InChI is InChI=1S/C16H31NO2Si/c1-10(2)9-14-15(16(18)17-14)19-20(11(3)4,12(5)6)13(7)8/h9,11-15H,1-8H3,(H,17,18)/t14-,15+/m0/s1. The lowest BCUT2D eigenvalue weighted by Gasteiger charge is -2.48. The SMILES string of the molecule is CC(C)=C[C@@H]1NC(=O)[C@@H]1O[Si](C(C)C)(C(C)C)C(C)C. The second-order valence-electron chi connectivity index (χ2n) is 7.13. The lowest BCUT2D eigenvalue weighted by atomic mass is 10.0. The van der Waals surface area contributed by atoms with E-state index in [1.54, 1.807) is 0 Å². The van der Waals surface area contributed by atoms with Crippen molar-refractivity contribution in [1.29, 1.82) is 0 Å². The highest BCUT2D eigenvalue weighted by atomic mass is 28.4. The van der Waals surface area contributed by atoms with Crippen LogP contribution in [0.15, 0.2) is 11.6 Å². The molecule has 1 heterocycles. The van der Waals surface area contributed by atoms with Gasteiger partial charge in [-0.1, -0.05) is 53.2 Å². The minimum Gasteiger partial charge on any atom is -0.402 e. The van der Waals surface area contributed by atoms with Crippen LogP contribution in [0, 0.1) is 0 Å². The molecule has 0 saturated carbocycles. The number of β-lactam (4-membered cyclic amide) rings is 1. The molecule has 0 aliphatic carbocycles. The number of hydrogen-bond acceptors (Lipinski definition) is 2. The average Bonchev–Trinajstić information content (AvgIpc) is 2.27. The molecule has 1 fully saturated rings. The molecule has 1 N–H and O–H groups in total. The molecule has 0 radical (unpaired) electrons. The topological polar surface area (TPSA) is 38.3 Å². The Balaban J connectivity index is 3.01. The average molecular weight is 298 g/mol. The van der Waals surface area contributed by atoms with Crippen molar-refractivity contribution in [2.45, 2.75) is 84.2 Å². The molecule has 1 saturated heterocycles. The summed E-state index contributed by atoms with van der Waals surface area (Å²) in [6.07, 6.45) is 1.82. The van der Waals surface area contributed by atoms with E-state index in [0.717, 1.165) is 0 Å². The van der Waals surface area contributed by atoms with Gasteiger partial charge in [0, 0.05) is 0 Å². The summed E-state index contributed by atoms with van der Waals surface area (Å²) in [5, 5.41) is 2.95. The number of amides is 1. The summed E-state index contributed by atoms with van der Waals surface area (Å²) in [4.78, 5) is 11.9. The van der Waals surface area contributed by atoms with Crippen molar-refractivity contribution in [2.75, 3.05) is 0 Å². The summed E-state index contributed by atoms with van der Waals surface area (Å²) < 4.78 is 6.57. The molecule has 1 aliphatic rings. The summed E-state index contributed by atoms with van der Waals surface area (Å²) in [7, 11) is -1.99.